The molecule has 0 aromatic carbocycles. The van der Waals surface area contributed by atoms with Crippen molar-refractivity contribution in [2.45, 2.75) is 25.4 Å². The molecule has 1 atom stereocenters. The molecule has 7 nitrogen and oxygen atoms in total. The Morgan fingerprint density at radius 3 is 3.20 bits per heavy atom. The van der Waals surface area contributed by atoms with Gasteiger partial charge in [-0.3, -0.25) is 4.79 Å². The Morgan fingerprint density at radius 2 is 2.50 bits per heavy atom. The van der Waals surface area contributed by atoms with Gasteiger partial charge in [-0.05, 0) is 6.07 Å². The first-order valence-corrected chi connectivity index (χ1v) is 6.58. The fraction of sp³-hybridized carbons (Fsp3) is 0.462. The molecule has 1 fully saturated rings. The number of nitrogens with zero attached hydrogens (tertiary/aromatic N) is 3. The van der Waals surface area contributed by atoms with Crippen LogP contribution in [0.3, 0.4) is 0 Å². The number of hydrogen-bond donors (Lipinski definition) is 2. The van der Waals surface area contributed by atoms with E-state index < -0.39 is 5.60 Å². The average Bonchev–Trinajstić information content (AvgIpc) is 3.18. The molecule has 3 rings (SSSR count). The van der Waals surface area contributed by atoms with Gasteiger partial charge in [-0.1, -0.05) is 6.92 Å². The summed E-state index contributed by atoms with van der Waals surface area (Å²) in [7, 11) is 0. The molecule has 20 heavy (non-hydrogen) atoms. The Balaban J connectivity index is 1.79. The molecule has 1 aliphatic rings. The summed E-state index contributed by atoms with van der Waals surface area (Å²) in [5.74, 6) is 0.557. The first-order chi connectivity index (χ1) is 9.64. The molecule has 106 valence electrons. The average molecular weight is 276 g/mol. The number of aliphatic hydroxyl groups is 1. The maximum atomic E-state index is 12.5. The third kappa shape index (κ3) is 2.00. The van der Waals surface area contributed by atoms with Crippen molar-refractivity contribution in [3.63, 3.8) is 0 Å². The summed E-state index contributed by atoms with van der Waals surface area (Å²) in [4.78, 5) is 14.1. The lowest BCUT2D eigenvalue weighted by molar-refractivity contribution is 0.0381. The highest BCUT2D eigenvalue weighted by Gasteiger charge is 2.42. The number of aromatic amines is 1. The van der Waals surface area contributed by atoms with Gasteiger partial charge in [0.05, 0.1) is 24.6 Å². The van der Waals surface area contributed by atoms with Crippen LogP contribution in [-0.4, -0.2) is 44.4 Å². The van der Waals surface area contributed by atoms with E-state index in [2.05, 4.69) is 15.4 Å². The first kappa shape index (κ1) is 12.9. The molecule has 0 radical (unpaired) electrons. The molecule has 1 saturated heterocycles. The van der Waals surface area contributed by atoms with Gasteiger partial charge in [0.25, 0.3) is 5.91 Å². The van der Waals surface area contributed by atoms with Crippen molar-refractivity contribution in [3.8, 4) is 0 Å². The molecular formula is C13H16N4O3. The lowest BCUT2D eigenvalue weighted by Crippen LogP contribution is -2.34. The number of amides is 1. The van der Waals surface area contributed by atoms with Crippen molar-refractivity contribution < 1.29 is 14.3 Å². The van der Waals surface area contributed by atoms with Crippen molar-refractivity contribution >= 4 is 5.91 Å². The molecule has 0 aliphatic carbocycles. The van der Waals surface area contributed by atoms with Crippen LogP contribution >= 0.6 is 0 Å². The molecule has 1 aliphatic heterocycles. The summed E-state index contributed by atoms with van der Waals surface area (Å²) >= 11 is 0. The van der Waals surface area contributed by atoms with E-state index in [-0.39, 0.29) is 12.5 Å². The van der Waals surface area contributed by atoms with Crippen LogP contribution in [-0.2, 0) is 12.0 Å². The molecule has 0 saturated carbocycles. The lowest BCUT2D eigenvalue weighted by atomic mass is 10.00. The van der Waals surface area contributed by atoms with Gasteiger partial charge < -0.3 is 14.4 Å². The Hall–Kier alpha value is -2.15. The topological polar surface area (TPSA) is 95.3 Å². The highest BCUT2D eigenvalue weighted by Crippen LogP contribution is 2.31. The smallest absolute Gasteiger partial charge is 0.257 e. The minimum Gasteiger partial charge on any atom is -0.469 e. The van der Waals surface area contributed by atoms with E-state index in [1.165, 1.54) is 12.5 Å². The van der Waals surface area contributed by atoms with Crippen molar-refractivity contribution in [1.82, 2.24) is 20.3 Å². The summed E-state index contributed by atoms with van der Waals surface area (Å²) in [6, 6.07) is 1.68. The highest BCUT2D eigenvalue weighted by atomic mass is 16.3. The van der Waals surface area contributed by atoms with Crippen molar-refractivity contribution in [3.05, 3.63) is 35.5 Å². The number of H-pyrrole nitrogens is 1. The number of carbonyl (C=O) groups is 1. The summed E-state index contributed by atoms with van der Waals surface area (Å²) in [6.45, 7) is 2.63. The Kier molecular flexibility index (Phi) is 3.06. The minimum absolute atomic E-state index is 0.116. The Bertz CT molecular complexity index is 607. The number of carbonyl (C=O) groups excluding carboxylic acids is 1. The minimum atomic E-state index is -1.13. The molecule has 3 heterocycles. The van der Waals surface area contributed by atoms with Crippen LogP contribution in [0.1, 0.15) is 35.2 Å². The maximum absolute atomic E-state index is 12.5. The second kappa shape index (κ2) is 4.75. The van der Waals surface area contributed by atoms with Gasteiger partial charge in [0.1, 0.15) is 17.1 Å². The molecule has 2 aromatic heterocycles. The lowest BCUT2D eigenvalue weighted by Gasteiger charge is -2.21. The second-order valence-corrected chi connectivity index (χ2v) is 4.97. The predicted octanol–water partition coefficient (Wildman–Crippen LogP) is 0.694. The summed E-state index contributed by atoms with van der Waals surface area (Å²) < 4.78 is 5.28. The number of aromatic nitrogens is 3. The molecule has 7 heteroatoms. The highest BCUT2D eigenvalue weighted by molar-refractivity contribution is 5.95. The van der Waals surface area contributed by atoms with Crippen LogP contribution in [0, 0.1) is 0 Å². The molecule has 0 unspecified atom stereocenters. The van der Waals surface area contributed by atoms with Crippen molar-refractivity contribution in [2.24, 2.45) is 0 Å². The predicted molar refractivity (Wildman–Crippen MR) is 68.9 cm³/mol. The fourth-order valence-electron chi connectivity index (χ4n) is 2.58. The van der Waals surface area contributed by atoms with Crippen LogP contribution in [0.5, 0.6) is 0 Å². The number of likely N-dealkylation sites (tertiary alicyclic amines) is 1. The third-order valence-electron chi connectivity index (χ3n) is 3.72. The summed E-state index contributed by atoms with van der Waals surface area (Å²) in [5.41, 5.74) is -0.0914. The van der Waals surface area contributed by atoms with Gasteiger partial charge in [-0.2, -0.15) is 15.4 Å². The van der Waals surface area contributed by atoms with Gasteiger partial charge in [0, 0.05) is 19.4 Å². The zero-order chi connectivity index (χ0) is 14.2. The molecule has 1 amide bonds. The standard InChI is InChI=1S/C13H16N4O3/c1-2-10-9(3-6-20-10)12(18)17-5-4-13(19,8-17)11-7-14-16-15-11/h3,6-7,19H,2,4-5,8H2,1H3,(H,14,15,16)/t13-/m1/s1. The SMILES string of the molecule is CCc1occc1C(=O)N1CC[C@](O)(c2cn[nH]n2)C1. The molecule has 2 N–H and O–H groups in total. The van der Waals surface area contributed by atoms with Crippen LogP contribution in [0.15, 0.2) is 22.9 Å². The van der Waals surface area contributed by atoms with E-state index in [0.29, 0.717) is 36.4 Å². The summed E-state index contributed by atoms with van der Waals surface area (Å²) in [6.07, 6.45) is 4.12. The number of β-amino-alcohol motifs (C(OH)–C–C–N with tert-alkyl or cyclic N) is 1. The van der Waals surface area contributed by atoms with Crippen molar-refractivity contribution in [2.75, 3.05) is 13.1 Å². The van der Waals surface area contributed by atoms with Gasteiger partial charge in [0.2, 0.25) is 0 Å². The van der Waals surface area contributed by atoms with Gasteiger partial charge >= 0.3 is 0 Å². The zero-order valence-electron chi connectivity index (χ0n) is 11.2. The van der Waals surface area contributed by atoms with Crippen molar-refractivity contribution in [1.29, 1.82) is 0 Å². The number of hydrogen-bond acceptors (Lipinski definition) is 5. The molecule has 0 spiro atoms. The van der Waals surface area contributed by atoms with E-state index in [4.69, 9.17) is 4.42 Å². The first-order valence-electron chi connectivity index (χ1n) is 6.58. The van der Waals surface area contributed by atoms with Gasteiger partial charge in [-0.15, -0.1) is 0 Å². The maximum Gasteiger partial charge on any atom is 0.257 e. The monoisotopic (exact) mass is 276 g/mol. The number of furan rings is 1. The van der Waals surface area contributed by atoms with E-state index in [1.807, 2.05) is 6.92 Å². The largest absolute Gasteiger partial charge is 0.469 e. The Morgan fingerprint density at radius 1 is 1.65 bits per heavy atom. The van der Waals surface area contributed by atoms with Crippen LogP contribution in [0.2, 0.25) is 0 Å². The number of nitrogens with one attached hydrogen (secondary N) is 1. The second-order valence-electron chi connectivity index (χ2n) is 4.97. The zero-order valence-corrected chi connectivity index (χ0v) is 11.2. The van der Waals surface area contributed by atoms with Gasteiger partial charge in [0.15, 0.2) is 0 Å². The quantitative estimate of drug-likeness (QED) is 0.860. The number of aryl methyl sites for hydroxylation is 1. The third-order valence-corrected chi connectivity index (χ3v) is 3.72. The van der Waals surface area contributed by atoms with E-state index in [0.717, 1.165) is 0 Å². The van der Waals surface area contributed by atoms with E-state index in [1.54, 1.807) is 11.0 Å². The molecule has 2 aromatic rings. The summed E-state index contributed by atoms with van der Waals surface area (Å²) in [5, 5.41) is 20.7. The van der Waals surface area contributed by atoms with Crippen LogP contribution < -0.4 is 0 Å². The Labute approximate surface area is 115 Å². The van der Waals surface area contributed by atoms with Crippen LogP contribution in [0.25, 0.3) is 0 Å². The van der Waals surface area contributed by atoms with E-state index >= 15 is 0 Å². The molecular weight excluding hydrogens is 260 g/mol. The molecule has 0 bridgehead atoms. The van der Waals surface area contributed by atoms with E-state index in [9.17, 15) is 9.90 Å². The fourth-order valence-corrected chi connectivity index (χ4v) is 2.58. The normalized spacial score (nSPS) is 22.4. The number of rotatable bonds is 3. The van der Waals surface area contributed by atoms with Crippen LogP contribution in [0.4, 0.5) is 0 Å². The van der Waals surface area contributed by atoms with Gasteiger partial charge in [-0.25, -0.2) is 0 Å².